The number of hydrogen-bond donors (Lipinski definition) is 2. The maximum atomic E-state index is 11.0. The Labute approximate surface area is 91.6 Å². The highest BCUT2D eigenvalue weighted by molar-refractivity contribution is 7.81. The highest BCUT2D eigenvalue weighted by atomic mass is 32.1. The minimum absolute atomic E-state index is 0.0252. The van der Waals surface area contributed by atoms with Crippen LogP contribution in [0.15, 0.2) is 0 Å². The lowest BCUT2D eigenvalue weighted by atomic mass is 10.1. The lowest BCUT2D eigenvalue weighted by Crippen LogP contribution is -2.44. The second-order valence-electron chi connectivity index (χ2n) is 3.91. The molecule has 1 aliphatic heterocycles. The number of nitrogens with zero attached hydrogens (tertiary/aromatic N) is 1. The Balaban J connectivity index is 2.19. The number of piperidine rings is 1. The molecule has 1 atom stereocenters. The van der Waals surface area contributed by atoms with Crippen molar-refractivity contribution in [1.29, 1.82) is 0 Å². The van der Waals surface area contributed by atoms with E-state index in [2.05, 4.69) is 29.8 Å². The average Bonchev–Trinajstić information content (AvgIpc) is 2.26. The Hall–Kier alpha value is -0.220. The highest BCUT2D eigenvalue weighted by Gasteiger charge is 2.16. The number of likely N-dealkylation sites (tertiary alicyclic amines) is 1. The van der Waals surface area contributed by atoms with Gasteiger partial charge in [-0.3, -0.25) is 9.69 Å². The van der Waals surface area contributed by atoms with Crippen molar-refractivity contribution < 1.29 is 4.79 Å². The van der Waals surface area contributed by atoms with Gasteiger partial charge in [0, 0.05) is 12.6 Å². The van der Waals surface area contributed by atoms with Crippen LogP contribution in [0.4, 0.5) is 0 Å². The molecular formula is C10H20N2OS. The number of rotatable bonds is 4. The van der Waals surface area contributed by atoms with Crippen molar-refractivity contribution in [2.75, 3.05) is 25.4 Å². The molecule has 1 fully saturated rings. The molecule has 1 rings (SSSR count). The average molecular weight is 216 g/mol. The summed E-state index contributed by atoms with van der Waals surface area (Å²) in [5.41, 5.74) is 0. The zero-order valence-electron chi connectivity index (χ0n) is 8.83. The van der Waals surface area contributed by atoms with Crippen molar-refractivity contribution in [2.24, 2.45) is 0 Å². The molecule has 0 aliphatic carbocycles. The number of amides is 1. The van der Waals surface area contributed by atoms with E-state index in [-0.39, 0.29) is 11.7 Å². The van der Waals surface area contributed by atoms with E-state index in [0.29, 0.717) is 6.04 Å². The van der Waals surface area contributed by atoms with Gasteiger partial charge in [-0.15, -0.1) is 0 Å². The van der Waals surface area contributed by atoms with Gasteiger partial charge in [-0.05, 0) is 32.9 Å². The van der Waals surface area contributed by atoms with Crippen molar-refractivity contribution in [3.05, 3.63) is 0 Å². The van der Waals surface area contributed by atoms with E-state index in [1.807, 2.05) is 0 Å². The Morgan fingerprint density at radius 3 is 2.64 bits per heavy atom. The molecule has 1 N–H and O–H groups in total. The fourth-order valence-electron chi connectivity index (χ4n) is 1.81. The number of nitrogens with one attached hydrogen (secondary N) is 1. The highest BCUT2D eigenvalue weighted by Crippen LogP contribution is 2.11. The monoisotopic (exact) mass is 216 g/mol. The van der Waals surface area contributed by atoms with E-state index < -0.39 is 0 Å². The zero-order valence-corrected chi connectivity index (χ0v) is 9.72. The maximum Gasteiger partial charge on any atom is 0.229 e. The third-order valence-electron chi connectivity index (χ3n) is 2.75. The molecule has 3 nitrogen and oxygen atoms in total. The third kappa shape index (κ3) is 3.88. The zero-order chi connectivity index (χ0) is 10.4. The predicted molar refractivity (Wildman–Crippen MR) is 61.7 cm³/mol. The van der Waals surface area contributed by atoms with Gasteiger partial charge in [0.25, 0.3) is 0 Å². The summed E-state index contributed by atoms with van der Waals surface area (Å²) in [6.45, 7) is 5.28. The van der Waals surface area contributed by atoms with Gasteiger partial charge < -0.3 is 5.32 Å². The molecule has 1 aliphatic rings. The van der Waals surface area contributed by atoms with Crippen LogP contribution in [0, 0.1) is 0 Å². The van der Waals surface area contributed by atoms with E-state index >= 15 is 0 Å². The van der Waals surface area contributed by atoms with Gasteiger partial charge in [0.05, 0.1) is 5.75 Å². The van der Waals surface area contributed by atoms with Crippen molar-refractivity contribution in [2.45, 2.75) is 32.2 Å². The van der Waals surface area contributed by atoms with Crippen LogP contribution in [-0.4, -0.2) is 42.2 Å². The molecule has 1 heterocycles. The van der Waals surface area contributed by atoms with E-state index in [0.717, 1.165) is 6.54 Å². The summed E-state index contributed by atoms with van der Waals surface area (Å²) in [6.07, 6.45) is 3.95. The van der Waals surface area contributed by atoms with Crippen LogP contribution in [0.5, 0.6) is 0 Å². The van der Waals surface area contributed by atoms with Crippen LogP contribution in [0.2, 0.25) is 0 Å². The van der Waals surface area contributed by atoms with Crippen LogP contribution in [-0.2, 0) is 4.79 Å². The van der Waals surface area contributed by atoms with E-state index in [1.54, 1.807) is 0 Å². The van der Waals surface area contributed by atoms with Crippen LogP contribution in [0.25, 0.3) is 0 Å². The van der Waals surface area contributed by atoms with Crippen LogP contribution >= 0.6 is 12.6 Å². The molecule has 0 spiro atoms. The first-order chi connectivity index (χ1) is 6.74. The molecule has 0 saturated carbocycles. The summed E-state index contributed by atoms with van der Waals surface area (Å²) in [6, 6.07) is 0.458. The van der Waals surface area contributed by atoms with Gasteiger partial charge in [-0.25, -0.2) is 0 Å². The van der Waals surface area contributed by atoms with Crippen LogP contribution < -0.4 is 5.32 Å². The van der Waals surface area contributed by atoms with Crippen molar-refractivity contribution in [1.82, 2.24) is 10.2 Å². The van der Waals surface area contributed by atoms with Gasteiger partial charge >= 0.3 is 0 Å². The summed E-state index contributed by atoms with van der Waals surface area (Å²) in [5.74, 6) is 0.310. The molecule has 0 radical (unpaired) electrons. The first kappa shape index (κ1) is 11.9. The summed E-state index contributed by atoms with van der Waals surface area (Å²) < 4.78 is 0. The SMILES string of the molecule is CC(CNC(=O)CS)N1CCCCC1. The smallest absolute Gasteiger partial charge is 0.229 e. The molecular weight excluding hydrogens is 196 g/mol. The molecule has 82 valence electrons. The molecule has 4 heteroatoms. The van der Waals surface area contributed by atoms with E-state index in [9.17, 15) is 4.79 Å². The number of carbonyl (C=O) groups excluding carboxylic acids is 1. The lowest BCUT2D eigenvalue weighted by molar-refractivity contribution is -0.118. The summed E-state index contributed by atoms with van der Waals surface area (Å²) in [7, 11) is 0. The standard InChI is InChI=1S/C10H20N2OS/c1-9(7-11-10(13)8-14)12-5-3-2-4-6-12/h9,14H,2-8H2,1H3,(H,11,13). The molecule has 1 unspecified atom stereocenters. The minimum Gasteiger partial charge on any atom is -0.354 e. The van der Waals surface area contributed by atoms with Crippen molar-refractivity contribution >= 4 is 18.5 Å². The second-order valence-corrected chi connectivity index (χ2v) is 4.22. The molecule has 1 amide bonds. The lowest BCUT2D eigenvalue weighted by Gasteiger charge is -2.32. The van der Waals surface area contributed by atoms with E-state index in [1.165, 1.54) is 32.4 Å². The molecule has 0 aromatic carbocycles. The van der Waals surface area contributed by atoms with Gasteiger partial charge in [0.15, 0.2) is 0 Å². The first-order valence-corrected chi connectivity index (χ1v) is 5.99. The van der Waals surface area contributed by atoms with E-state index in [4.69, 9.17) is 0 Å². The normalized spacial score (nSPS) is 20.4. The molecule has 0 aromatic rings. The second kappa shape index (κ2) is 6.30. The number of carbonyl (C=O) groups is 1. The third-order valence-corrected chi connectivity index (χ3v) is 3.04. The first-order valence-electron chi connectivity index (χ1n) is 5.35. The fourth-order valence-corrected chi connectivity index (χ4v) is 1.92. The van der Waals surface area contributed by atoms with Gasteiger partial charge in [-0.1, -0.05) is 6.42 Å². The van der Waals surface area contributed by atoms with Crippen LogP contribution in [0.3, 0.4) is 0 Å². The number of thiol groups is 1. The molecule has 14 heavy (non-hydrogen) atoms. The Morgan fingerprint density at radius 2 is 2.07 bits per heavy atom. The Bertz CT molecular complexity index is 181. The van der Waals surface area contributed by atoms with Crippen LogP contribution in [0.1, 0.15) is 26.2 Å². The Morgan fingerprint density at radius 1 is 1.43 bits per heavy atom. The van der Waals surface area contributed by atoms with Gasteiger partial charge in [0.1, 0.15) is 0 Å². The van der Waals surface area contributed by atoms with Crippen molar-refractivity contribution in [3.63, 3.8) is 0 Å². The molecule has 1 saturated heterocycles. The van der Waals surface area contributed by atoms with Gasteiger partial charge in [0.2, 0.25) is 5.91 Å². The maximum absolute atomic E-state index is 11.0. The number of hydrogen-bond acceptors (Lipinski definition) is 3. The molecule has 0 bridgehead atoms. The predicted octanol–water partition coefficient (Wildman–Crippen LogP) is 0.907. The topological polar surface area (TPSA) is 32.3 Å². The molecule has 0 aromatic heterocycles. The Kier molecular flexibility index (Phi) is 5.33. The van der Waals surface area contributed by atoms with Crippen molar-refractivity contribution in [3.8, 4) is 0 Å². The fraction of sp³-hybridized carbons (Fsp3) is 0.900. The quantitative estimate of drug-likeness (QED) is 0.685. The van der Waals surface area contributed by atoms with Gasteiger partial charge in [-0.2, -0.15) is 12.6 Å². The summed E-state index contributed by atoms with van der Waals surface area (Å²) in [4.78, 5) is 13.4. The largest absolute Gasteiger partial charge is 0.354 e. The summed E-state index contributed by atoms with van der Waals surface area (Å²) >= 11 is 3.92. The summed E-state index contributed by atoms with van der Waals surface area (Å²) in [5, 5.41) is 2.87. The minimum atomic E-state index is 0.0252.